The zero-order chi connectivity index (χ0) is 15.8. The average molecular weight is 324 g/mol. The number of nitrogens with one attached hydrogen (secondary N) is 2. The van der Waals surface area contributed by atoms with Crippen LogP contribution in [-0.2, 0) is 0 Å². The van der Waals surface area contributed by atoms with E-state index >= 15 is 0 Å². The van der Waals surface area contributed by atoms with Gasteiger partial charge in [0.2, 0.25) is 0 Å². The second kappa shape index (κ2) is 5.76. The minimum atomic E-state index is -0.0401. The van der Waals surface area contributed by atoms with Gasteiger partial charge in [-0.2, -0.15) is 5.26 Å². The van der Waals surface area contributed by atoms with Gasteiger partial charge in [-0.3, -0.25) is 4.79 Å². The zero-order valence-corrected chi connectivity index (χ0v) is 13.3. The van der Waals surface area contributed by atoms with E-state index in [1.54, 1.807) is 18.3 Å². The number of aromatic nitrogens is 1. The molecule has 1 aromatic heterocycles. The maximum atomic E-state index is 12.4. The fourth-order valence-corrected chi connectivity index (χ4v) is 4.25. The molecule has 2 N–H and O–H groups in total. The lowest BCUT2D eigenvalue weighted by molar-refractivity contribution is 0.0935. The van der Waals surface area contributed by atoms with Crippen LogP contribution in [0.15, 0.2) is 30.5 Å². The summed E-state index contributed by atoms with van der Waals surface area (Å²) in [5.41, 5.74) is 1.54. The van der Waals surface area contributed by atoms with Crippen LogP contribution in [0.4, 0.5) is 0 Å². The predicted octanol–water partition coefficient (Wildman–Crippen LogP) is 2.30. The molecule has 1 amide bonds. The molecule has 2 bridgehead atoms. The van der Waals surface area contributed by atoms with Gasteiger partial charge in [-0.25, -0.2) is 4.98 Å². The number of thiazole rings is 1. The van der Waals surface area contributed by atoms with E-state index in [9.17, 15) is 4.79 Å². The number of carbonyl (C=O) groups excluding carboxylic acids is 1. The lowest BCUT2D eigenvalue weighted by Crippen LogP contribution is -2.42. The first-order valence-corrected chi connectivity index (χ1v) is 8.58. The molecule has 2 aliphatic heterocycles. The summed E-state index contributed by atoms with van der Waals surface area (Å²) in [5, 5.41) is 16.3. The third-order valence-corrected chi connectivity index (χ3v) is 5.65. The normalized spacial score (nSPS) is 25.3. The Hall–Kier alpha value is -2.23. The van der Waals surface area contributed by atoms with E-state index < -0.39 is 0 Å². The fraction of sp³-hybridized carbons (Fsp3) is 0.353. The fourth-order valence-electron chi connectivity index (χ4n) is 3.42. The molecule has 2 fully saturated rings. The quantitative estimate of drug-likeness (QED) is 0.908. The monoisotopic (exact) mass is 324 g/mol. The molecule has 1 aromatic carbocycles. The number of fused-ring (bicyclic) bond motifs is 2. The third kappa shape index (κ3) is 2.74. The molecule has 116 valence electrons. The highest BCUT2D eigenvalue weighted by Crippen LogP contribution is 2.29. The smallest absolute Gasteiger partial charge is 0.263 e. The summed E-state index contributed by atoms with van der Waals surface area (Å²) in [6.07, 6.45) is 5.03. The van der Waals surface area contributed by atoms with Crippen molar-refractivity contribution in [2.45, 2.75) is 37.4 Å². The average Bonchev–Trinajstić information content (AvgIpc) is 3.31. The molecule has 4 rings (SSSR count). The van der Waals surface area contributed by atoms with Crippen LogP contribution in [0.2, 0.25) is 0 Å². The van der Waals surface area contributed by atoms with Gasteiger partial charge in [0.25, 0.3) is 5.91 Å². The Bertz CT molecular complexity index is 777. The van der Waals surface area contributed by atoms with Gasteiger partial charge in [-0.1, -0.05) is 12.1 Å². The largest absolute Gasteiger partial charge is 0.347 e. The maximum absolute atomic E-state index is 12.4. The molecule has 0 spiro atoms. The molecule has 2 aromatic rings. The van der Waals surface area contributed by atoms with E-state index in [0.29, 0.717) is 22.5 Å². The van der Waals surface area contributed by atoms with E-state index in [1.807, 2.05) is 12.1 Å². The maximum Gasteiger partial charge on any atom is 0.263 e. The molecular formula is C17H16N4OS. The zero-order valence-electron chi connectivity index (χ0n) is 12.5. The molecule has 0 unspecified atom stereocenters. The Morgan fingerprint density at radius 1 is 1.35 bits per heavy atom. The topological polar surface area (TPSA) is 77.8 Å². The highest BCUT2D eigenvalue weighted by Gasteiger charge is 2.39. The van der Waals surface area contributed by atoms with Crippen LogP contribution in [0.5, 0.6) is 0 Å². The number of rotatable bonds is 3. The van der Waals surface area contributed by atoms with Crippen molar-refractivity contribution in [3.63, 3.8) is 0 Å². The van der Waals surface area contributed by atoms with Gasteiger partial charge in [0.05, 0.1) is 17.8 Å². The summed E-state index contributed by atoms with van der Waals surface area (Å²) in [6.45, 7) is 0. The number of carbonyl (C=O) groups is 1. The van der Waals surface area contributed by atoms with Crippen LogP contribution < -0.4 is 10.6 Å². The summed E-state index contributed by atoms with van der Waals surface area (Å²) in [6, 6.07) is 10.6. The summed E-state index contributed by atoms with van der Waals surface area (Å²) < 4.78 is 0. The predicted molar refractivity (Wildman–Crippen MR) is 88.1 cm³/mol. The first-order valence-electron chi connectivity index (χ1n) is 7.76. The highest BCUT2D eigenvalue weighted by atomic mass is 32.1. The summed E-state index contributed by atoms with van der Waals surface area (Å²) in [4.78, 5) is 17.4. The minimum absolute atomic E-state index is 0.0401. The molecule has 6 heteroatoms. The number of hydrogen-bond donors (Lipinski definition) is 2. The SMILES string of the molecule is N#Cc1ccc(-c2ncc(C(=O)N[C@@H]3C[C@H]4CC[C@@H]3N4)s2)cc1. The summed E-state index contributed by atoms with van der Waals surface area (Å²) >= 11 is 1.38. The Morgan fingerprint density at radius 3 is 2.83 bits per heavy atom. The van der Waals surface area contributed by atoms with E-state index in [-0.39, 0.29) is 11.9 Å². The molecule has 2 saturated heterocycles. The van der Waals surface area contributed by atoms with Crippen molar-refractivity contribution < 1.29 is 4.79 Å². The molecule has 0 aliphatic carbocycles. The Labute approximate surface area is 138 Å². The van der Waals surface area contributed by atoms with Gasteiger partial charge in [-0.15, -0.1) is 11.3 Å². The minimum Gasteiger partial charge on any atom is -0.347 e. The van der Waals surface area contributed by atoms with Crippen molar-refractivity contribution >= 4 is 17.2 Å². The second-order valence-electron chi connectivity index (χ2n) is 6.08. The molecular weight excluding hydrogens is 308 g/mol. The van der Waals surface area contributed by atoms with Crippen LogP contribution in [-0.4, -0.2) is 29.0 Å². The molecule has 3 heterocycles. The van der Waals surface area contributed by atoms with Crippen molar-refractivity contribution in [3.8, 4) is 16.6 Å². The number of amides is 1. The number of nitrogens with zero attached hydrogens (tertiary/aromatic N) is 2. The first kappa shape index (κ1) is 14.4. The van der Waals surface area contributed by atoms with Crippen molar-refractivity contribution in [2.75, 3.05) is 0 Å². The standard InChI is InChI=1S/C17H16N4OS/c18-8-10-1-3-11(4-2-10)17-19-9-15(23-17)16(22)21-14-7-12-5-6-13(14)20-12/h1-4,9,12-14,20H,5-7H2,(H,21,22)/t12-,13+,14-/m1/s1. The molecule has 23 heavy (non-hydrogen) atoms. The van der Waals surface area contributed by atoms with E-state index in [4.69, 9.17) is 5.26 Å². The molecule has 3 atom stereocenters. The van der Waals surface area contributed by atoms with Gasteiger partial charge in [0, 0.05) is 23.7 Å². The van der Waals surface area contributed by atoms with Crippen molar-refractivity contribution in [1.82, 2.24) is 15.6 Å². The van der Waals surface area contributed by atoms with Crippen LogP contribution in [0.3, 0.4) is 0 Å². The molecule has 5 nitrogen and oxygen atoms in total. The van der Waals surface area contributed by atoms with E-state index in [1.165, 1.54) is 17.8 Å². The van der Waals surface area contributed by atoms with Gasteiger partial charge < -0.3 is 10.6 Å². The van der Waals surface area contributed by atoms with Crippen molar-refractivity contribution in [1.29, 1.82) is 5.26 Å². The van der Waals surface area contributed by atoms with Crippen LogP contribution in [0.1, 0.15) is 34.5 Å². The van der Waals surface area contributed by atoms with E-state index in [0.717, 1.165) is 23.4 Å². The molecule has 0 saturated carbocycles. The van der Waals surface area contributed by atoms with Crippen molar-refractivity contribution in [3.05, 3.63) is 40.9 Å². The highest BCUT2D eigenvalue weighted by molar-refractivity contribution is 7.16. The lowest BCUT2D eigenvalue weighted by atomic mass is 9.95. The summed E-state index contributed by atoms with van der Waals surface area (Å²) in [7, 11) is 0. The number of nitriles is 1. The Kier molecular flexibility index (Phi) is 3.60. The van der Waals surface area contributed by atoms with Gasteiger partial charge in [-0.05, 0) is 31.4 Å². The third-order valence-electron chi connectivity index (χ3n) is 4.61. The molecule has 0 radical (unpaired) electrons. The first-order chi connectivity index (χ1) is 11.2. The van der Waals surface area contributed by atoms with Gasteiger partial charge in [0.15, 0.2) is 0 Å². The van der Waals surface area contributed by atoms with Gasteiger partial charge in [0.1, 0.15) is 9.88 Å². The molecule has 2 aliphatic rings. The van der Waals surface area contributed by atoms with Crippen LogP contribution in [0, 0.1) is 11.3 Å². The number of hydrogen-bond acceptors (Lipinski definition) is 5. The van der Waals surface area contributed by atoms with Crippen molar-refractivity contribution in [2.24, 2.45) is 0 Å². The van der Waals surface area contributed by atoms with Crippen LogP contribution in [0.25, 0.3) is 10.6 Å². The lowest BCUT2D eigenvalue weighted by Gasteiger charge is -2.20. The van der Waals surface area contributed by atoms with E-state index in [2.05, 4.69) is 21.7 Å². The van der Waals surface area contributed by atoms with Crippen LogP contribution >= 0.6 is 11.3 Å². The second-order valence-corrected chi connectivity index (χ2v) is 7.11. The Morgan fingerprint density at radius 2 is 2.17 bits per heavy atom. The number of benzene rings is 1. The Balaban J connectivity index is 1.46. The summed E-state index contributed by atoms with van der Waals surface area (Å²) in [5.74, 6) is -0.0401. The van der Waals surface area contributed by atoms with Gasteiger partial charge >= 0.3 is 0 Å².